The van der Waals surface area contributed by atoms with Crippen molar-refractivity contribution in [3.8, 4) is 11.5 Å². The van der Waals surface area contributed by atoms with Crippen LogP contribution in [0.3, 0.4) is 0 Å². The fraction of sp³-hybridized carbons (Fsp3) is 0.278. The summed E-state index contributed by atoms with van der Waals surface area (Å²) in [6.07, 6.45) is 0. The van der Waals surface area contributed by atoms with E-state index in [2.05, 4.69) is 12.2 Å². The first kappa shape index (κ1) is 15.4. The Morgan fingerprint density at radius 2 is 1.91 bits per heavy atom. The van der Waals surface area contributed by atoms with Crippen molar-refractivity contribution < 1.29 is 19.0 Å². The van der Waals surface area contributed by atoms with Crippen LogP contribution >= 0.6 is 0 Å². The van der Waals surface area contributed by atoms with E-state index >= 15 is 0 Å². The van der Waals surface area contributed by atoms with Gasteiger partial charge in [-0.15, -0.1) is 0 Å². The van der Waals surface area contributed by atoms with Crippen LogP contribution in [0.1, 0.15) is 34.5 Å². The highest BCUT2D eigenvalue weighted by Gasteiger charge is 2.15. The number of carbonyl (C=O) groups excluding carboxylic acids is 1. The lowest BCUT2D eigenvalue weighted by atomic mass is 10.1. The third-order valence-electron chi connectivity index (χ3n) is 3.88. The topological polar surface area (TPSA) is 56.8 Å². The summed E-state index contributed by atoms with van der Waals surface area (Å²) in [5.41, 5.74) is 2.80. The predicted octanol–water partition coefficient (Wildman–Crippen LogP) is 3.05. The minimum absolute atomic E-state index is 0.171. The molecule has 1 heterocycles. The van der Waals surface area contributed by atoms with Crippen LogP contribution in [0.4, 0.5) is 0 Å². The summed E-state index contributed by atoms with van der Waals surface area (Å²) < 4.78 is 15.4. The number of nitrogens with one attached hydrogen (secondary N) is 1. The van der Waals surface area contributed by atoms with Gasteiger partial charge in [-0.3, -0.25) is 0 Å². The van der Waals surface area contributed by atoms with Gasteiger partial charge in [0.25, 0.3) is 0 Å². The Bertz CT molecular complexity index is 697. The van der Waals surface area contributed by atoms with Crippen molar-refractivity contribution >= 4 is 5.97 Å². The average molecular weight is 313 g/mol. The van der Waals surface area contributed by atoms with Crippen molar-refractivity contribution in [1.29, 1.82) is 0 Å². The van der Waals surface area contributed by atoms with Gasteiger partial charge in [0.2, 0.25) is 6.79 Å². The van der Waals surface area contributed by atoms with Crippen LogP contribution in [0.15, 0.2) is 42.5 Å². The largest absolute Gasteiger partial charge is 0.465 e. The number of hydrogen-bond donors (Lipinski definition) is 1. The number of carbonyl (C=O) groups is 1. The highest BCUT2D eigenvalue weighted by molar-refractivity contribution is 5.89. The van der Waals surface area contributed by atoms with Crippen LogP contribution in [0.5, 0.6) is 11.5 Å². The first-order chi connectivity index (χ1) is 11.2. The molecule has 2 aromatic carbocycles. The Hall–Kier alpha value is -2.53. The molecule has 2 aromatic rings. The molecule has 0 spiro atoms. The molecule has 1 aliphatic heterocycles. The second-order valence-electron chi connectivity index (χ2n) is 5.40. The molecular weight excluding hydrogens is 294 g/mol. The van der Waals surface area contributed by atoms with E-state index in [0.717, 1.165) is 22.6 Å². The van der Waals surface area contributed by atoms with Gasteiger partial charge in [-0.2, -0.15) is 0 Å². The molecule has 5 nitrogen and oxygen atoms in total. The number of ether oxygens (including phenoxy) is 3. The number of fused-ring (bicyclic) bond motifs is 1. The minimum Gasteiger partial charge on any atom is -0.465 e. The first-order valence-electron chi connectivity index (χ1n) is 7.47. The summed E-state index contributed by atoms with van der Waals surface area (Å²) in [6.45, 7) is 3.09. The summed E-state index contributed by atoms with van der Waals surface area (Å²) in [6, 6.07) is 13.5. The minimum atomic E-state index is -0.321. The third-order valence-corrected chi connectivity index (χ3v) is 3.88. The molecule has 1 unspecified atom stereocenters. The summed E-state index contributed by atoms with van der Waals surface area (Å²) >= 11 is 0. The Morgan fingerprint density at radius 1 is 1.17 bits per heavy atom. The van der Waals surface area contributed by atoms with Gasteiger partial charge < -0.3 is 19.5 Å². The van der Waals surface area contributed by atoms with Crippen molar-refractivity contribution in [2.45, 2.75) is 19.5 Å². The highest BCUT2D eigenvalue weighted by atomic mass is 16.7. The van der Waals surface area contributed by atoms with Gasteiger partial charge in [-0.1, -0.05) is 18.2 Å². The monoisotopic (exact) mass is 313 g/mol. The molecule has 3 rings (SSSR count). The van der Waals surface area contributed by atoms with Crippen molar-refractivity contribution in [1.82, 2.24) is 5.32 Å². The number of methoxy groups -OCH3 is 1. The Balaban J connectivity index is 1.60. The lowest BCUT2D eigenvalue weighted by Crippen LogP contribution is -2.18. The molecule has 0 bridgehead atoms. The van der Waals surface area contributed by atoms with E-state index in [4.69, 9.17) is 14.2 Å². The van der Waals surface area contributed by atoms with Crippen molar-refractivity contribution in [3.05, 3.63) is 59.2 Å². The summed E-state index contributed by atoms with van der Waals surface area (Å²) in [7, 11) is 1.38. The van der Waals surface area contributed by atoms with E-state index in [9.17, 15) is 4.79 Å². The average Bonchev–Trinajstić information content (AvgIpc) is 3.07. The number of esters is 1. The standard InChI is InChI=1S/C18H19NO4/c1-12(15-7-8-16-17(9-15)23-11-22-16)19-10-13-3-5-14(6-4-13)18(20)21-2/h3-9,12,19H,10-11H2,1-2H3. The van der Waals surface area contributed by atoms with Crippen LogP contribution in [-0.2, 0) is 11.3 Å². The first-order valence-corrected chi connectivity index (χ1v) is 7.47. The van der Waals surface area contributed by atoms with Gasteiger partial charge in [0.15, 0.2) is 11.5 Å². The molecule has 0 aromatic heterocycles. The Morgan fingerprint density at radius 3 is 2.65 bits per heavy atom. The van der Waals surface area contributed by atoms with E-state index < -0.39 is 0 Å². The molecule has 1 aliphatic rings. The van der Waals surface area contributed by atoms with Crippen LogP contribution < -0.4 is 14.8 Å². The van der Waals surface area contributed by atoms with E-state index in [1.54, 1.807) is 12.1 Å². The predicted molar refractivity (Wildman–Crippen MR) is 85.6 cm³/mol. The number of hydrogen-bond acceptors (Lipinski definition) is 5. The van der Waals surface area contributed by atoms with Gasteiger partial charge in [0.1, 0.15) is 0 Å². The van der Waals surface area contributed by atoms with Gasteiger partial charge in [0.05, 0.1) is 12.7 Å². The molecule has 0 radical (unpaired) electrons. The molecule has 23 heavy (non-hydrogen) atoms. The maximum Gasteiger partial charge on any atom is 0.337 e. The smallest absolute Gasteiger partial charge is 0.337 e. The summed E-state index contributed by atoms with van der Waals surface area (Å²) in [4.78, 5) is 11.4. The maximum absolute atomic E-state index is 11.4. The lowest BCUT2D eigenvalue weighted by molar-refractivity contribution is 0.0600. The molecule has 1 atom stereocenters. The maximum atomic E-state index is 11.4. The lowest BCUT2D eigenvalue weighted by Gasteiger charge is -2.15. The van der Waals surface area contributed by atoms with Crippen LogP contribution in [0.25, 0.3) is 0 Å². The molecule has 0 aliphatic carbocycles. The summed E-state index contributed by atoms with van der Waals surface area (Å²) in [5.74, 6) is 1.26. The zero-order valence-electron chi connectivity index (χ0n) is 13.2. The molecular formula is C18H19NO4. The van der Waals surface area contributed by atoms with Crippen molar-refractivity contribution in [2.75, 3.05) is 13.9 Å². The Kier molecular flexibility index (Phi) is 4.48. The van der Waals surface area contributed by atoms with E-state index in [-0.39, 0.29) is 18.8 Å². The number of rotatable bonds is 5. The van der Waals surface area contributed by atoms with Gasteiger partial charge in [-0.05, 0) is 42.3 Å². The highest BCUT2D eigenvalue weighted by Crippen LogP contribution is 2.34. The Labute approximate surface area is 135 Å². The van der Waals surface area contributed by atoms with Gasteiger partial charge >= 0.3 is 5.97 Å². The fourth-order valence-corrected chi connectivity index (χ4v) is 2.45. The van der Waals surface area contributed by atoms with Crippen LogP contribution in [0, 0.1) is 0 Å². The van der Waals surface area contributed by atoms with Crippen molar-refractivity contribution in [2.24, 2.45) is 0 Å². The second-order valence-corrected chi connectivity index (χ2v) is 5.40. The molecule has 0 saturated carbocycles. The molecule has 0 saturated heterocycles. The molecule has 0 fully saturated rings. The SMILES string of the molecule is COC(=O)c1ccc(CNC(C)c2ccc3c(c2)OCO3)cc1. The third kappa shape index (κ3) is 3.46. The number of benzene rings is 2. The fourth-order valence-electron chi connectivity index (χ4n) is 2.45. The van der Waals surface area contributed by atoms with E-state index in [0.29, 0.717) is 12.1 Å². The zero-order valence-corrected chi connectivity index (χ0v) is 13.2. The van der Waals surface area contributed by atoms with Gasteiger partial charge in [-0.25, -0.2) is 4.79 Å². The van der Waals surface area contributed by atoms with Crippen LogP contribution in [-0.4, -0.2) is 19.9 Å². The molecule has 0 amide bonds. The molecule has 1 N–H and O–H groups in total. The molecule has 5 heteroatoms. The van der Waals surface area contributed by atoms with Crippen LogP contribution in [0.2, 0.25) is 0 Å². The molecule has 120 valence electrons. The van der Waals surface area contributed by atoms with Gasteiger partial charge in [0, 0.05) is 12.6 Å². The van der Waals surface area contributed by atoms with E-state index in [1.165, 1.54) is 7.11 Å². The van der Waals surface area contributed by atoms with Crippen molar-refractivity contribution in [3.63, 3.8) is 0 Å². The van der Waals surface area contributed by atoms with E-state index in [1.807, 2.05) is 30.3 Å². The normalized spacial score (nSPS) is 13.7. The zero-order chi connectivity index (χ0) is 16.2. The second kappa shape index (κ2) is 6.71. The quantitative estimate of drug-likeness (QED) is 0.860. The summed E-state index contributed by atoms with van der Waals surface area (Å²) in [5, 5.41) is 3.46.